The van der Waals surface area contributed by atoms with Crippen molar-refractivity contribution in [3.63, 3.8) is 0 Å². The van der Waals surface area contributed by atoms with Crippen LogP contribution in [0.4, 0.5) is 0 Å². The Balaban J connectivity index is 1.74. The number of hydrogen-bond acceptors (Lipinski definition) is 3. The van der Waals surface area contributed by atoms with Crippen LogP contribution in [0.2, 0.25) is 0 Å². The van der Waals surface area contributed by atoms with Crippen molar-refractivity contribution in [2.75, 3.05) is 27.2 Å². The minimum atomic E-state index is -0.311. The van der Waals surface area contributed by atoms with Crippen LogP contribution in [-0.2, 0) is 4.79 Å². The molecule has 126 valence electrons. The van der Waals surface area contributed by atoms with Gasteiger partial charge >= 0.3 is 0 Å². The molecule has 1 saturated heterocycles. The molecule has 0 aromatic heterocycles. The summed E-state index contributed by atoms with van der Waals surface area (Å²) in [6.07, 6.45) is 7.12. The van der Waals surface area contributed by atoms with E-state index in [2.05, 4.69) is 15.6 Å². The van der Waals surface area contributed by atoms with E-state index in [-0.39, 0.29) is 18.1 Å². The van der Waals surface area contributed by atoms with Crippen molar-refractivity contribution in [3.8, 4) is 0 Å². The Labute approximate surface area is 133 Å². The first kappa shape index (κ1) is 17.1. The molecule has 0 aromatic carbocycles. The number of likely N-dealkylation sites (tertiary alicyclic amines) is 1. The number of carbonyl (C=O) groups is 1. The summed E-state index contributed by atoms with van der Waals surface area (Å²) in [6.45, 7) is 1.23. The van der Waals surface area contributed by atoms with E-state index in [1.165, 1.54) is 19.3 Å². The van der Waals surface area contributed by atoms with Gasteiger partial charge < -0.3 is 20.6 Å². The Morgan fingerprint density at radius 3 is 2.73 bits per heavy atom. The zero-order chi connectivity index (χ0) is 15.9. The van der Waals surface area contributed by atoms with E-state index < -0.39 is 0 Å². The quantitative estimate of drug-likeness (QED) is 0.528. The van der Waals surface area contributed by atoms with Gasteiger partial charge in [0.15, 0.2) is 5.96 Å². The van der Waals surface area contributed by atoms with Gasteiger partial charge in [-0.25, -0.2) is 0 Å². The topological polar surface area (TPSA) is 77.0 Å². The Morgan fingerprint density at radius 2 is 2.09 bits per heavy atom. The summed E-state index contributed by atoms with van der Waals surface area (Å²) in [5.74, 6) is 1.33. The number of guanidine groups is 1. The van der Waals surface area contributed by atoms with Gasteiger partial charge in [-0.15, -0.1) is 0 Å². The molecule has 1 heterocycles. The number of nitrogens with zero attached hydrogens (tertiary/aromatic N) is 2. The highest BCUT2D eigenvalue weighted by Crippen LogP contribution is 2.26. The van der Waals surface area contributed by atoms with Crippen LogP contribution in [0.1, 0.15) is 44.9 Å². The molecule has 3 N–H and O–H groups in total. The van der Waals surface area contributed by atoms with Crippen LogP contribution < -0.4 is 10.6 Å². The number of likely N-dealkylation sites (N-methyl/N-ethyl adjacent to an activating group) is 1. The van der Waals surface area contributed by atoms with Gasteiger partial charge in [-0.05, 0) is 25.2 Å². The maximum atomic E-state index is 11.5. The van der Waals surface area contributed by atoms with Crippen LogP contribution >= 0.6 is 0 Å². The smallest absolute Gasteiger partial charge is 0.222 e. The predicted molar refractivity (Wildman–Crippen MR) is 87.7 cm³/mol. The van der Waals surface area contributed by atoms with Crippen molar-refractivity contribution >= 4 is 11.9 Å². The first-order chi connectivity index (χ1) is 10.6. The summed E-state index contributed by atoms with van der Waals surface area (Å²) in [5, 5.41) is 16.9. The van der Waals surface area contributed by atoms with Crippen LogP contribution in [0.5, 0.6) is 0 Å². The highest BCUT2D eigenvalue weighted by Gasteiger charge is 2.24. The maximum Gasteiger partial charge on any atom is 0.222 e. The second kappa shape index (κ2) is 8.36. The van der Waals surface area contributed by atoms with Gasteiger partial charge in [-0.1, -0.05) is 19.3 Å². The van der Waals surface area contributed by atoms with Crippen molar-refractivity contribution < 1.29 is 9.90 Å². The van der Waals surface area contributed by atoms with Crippen LogP contribution in [0.3, 0.4) is 0 Å². The monoisotopic (exact) mass is 310 g/mol. The van der Waals surface area contributed by atoms with Gasteiger partial charge in [0.05, 0.1) is 6.10 Å². The first-order valence-electron chi connectivity index (χ1n) is 8.49. The molecular weight excluding hydrogens is 280 g/mol. The number of piperidine rings is 1. The van der Waals surface area contributed by atoms with E-state index >= 15 is 0 Å². The molecule has 2 rings (SSSR count). The van der Waals surface area contributed by atoms with Gasteiger partial charge in [0.2, 0.25) is 5.91 Å². The van der Waals surface area contributed by atoms with Crippen LogP contribution in [0.15, 0.2) is 4.99 Å². The fourth-order valence-electron chi connectivity index (χ4n) is 3.40. The minimum Gasteiger partial charge on any atom is -0.391 e. The van der Waals surface area contributed by atoms with Crippen LogP contribution in [0, 0.1) is 5.92 Å². The maximum absolute atomic E-state index is 11.5. The molecule has 0 aromatic rings. The number of rotatable bonds is 4. The summed E-state index contributed by atoms with van der Waals surface area (Å²) in [7, 11) is 3.57. The standard InChI is InChI=1S/C16H30N4O2/c1-17-16(19-13-8-9-15(22)20(2)11-13)18-10-14(21)12-6-4-3-5-7-12/h12-14,21H,3-11H2,1-2H3,(H2,17,18,19). The molecule has 1 aliphatic heterocycles. The van der Waals surface area contributed by atoms with E-state index in [4.69, 9.17) is 0 Å². The zero-order valence-corrected chi connectivity index (χ0v) is 13.8. The fraction of sp³-hybridized carbons (Fsp3) is 0.875. The third kappa shape index (κ3) is 4.87. The second-order valence-corrected chi connectivity index (χ2v) is 6.57. The third-order valence-electron chi connectivity index (χ3n) is 4.86. The van der Waals surface area contributed by atoms with Crippen LogP contribution in [0.25, 0.3) is 0 Å². The number of aliphatic hydroxyl groups excluding tert-OH is 1. The largest absolute Gasteiger partial charge is 0.391 e. The van der Waals surface area contributed by atoms with Crippen molar-refractivity contribution in [1.29, 1.82) is 0 Å². The van der Waals surface area contributed by atoms with Crippen molar-refractivity contribution in [2.24, 2.45) is 10.9 Å². The predicted octanol–water partition coefficient (Wildman–Crippen LogP) is 0.713. The van der Waals surface area contributed by atoms with Crippen LogP contribution in [-0.4, -0.2) is 61.2 Å². The van der Waals surface area contributed by atoms with E-state index in [9.17, 15) is 9.90 Å². The summed E-state index contributed by atoms with van der Waals surface area (Å²) >= 11 is 0. The van der Waals surface area contributed by atoms with Gasteiger partial charge in [0.1, 0.15) is 0 Å². The lowest BCUT2D eigenvalue weighted by Gasteiger charge is -2.32. The summed E-state index contributed by atoms with van der Waals surface area (Å²) < 4.78 is 0. The second-order valence-electron chi connectivity index (χ2n) is 6.57. The van der Waals surface area contributed by atoms with Gasteiger partial charge in [-0.3, -0.25) is 9.79 Å². The molecule has 6 nitrogen and oxygen atoms in total. The Bertz CT molecular complexity index is 394. The third-order valence-corrected chi connectivity index (χ3v) is 4.86. The molecule has 0 bridgehead atoms. The normalized spacial score (nSPS) is 26.0. The lowest BCUT2D eigenvalue weighted by molar-refractivity contribution is -0.132. The molecular formula is C16H30N4O2. The average Bonchev–Trinajstić information content (AvgIpc) is 2.55. The molecule has 0 radical (unpaired) electrons. The Morgan fingerprint density at radius 1 is 1.36 bits per heavy atom. The molecule has 1 saturated carbocycles. The number of hydrogen-bond donors (Lipinski definition) is 3. The van der Waals surface area contributed by atoms with E-state index in [1.54, 1.807) is 11.9 Å². The molecule has 0 spiro atoms. The molecule has 2 aliphatic rings. The van der Waals surface area contributed by atoms with E-state index in [0.29, 0.717) is 31.4 Å². The van der Waals surface area contributed by atoms with E-state index in [1.807, 2.05) is 7.05 Å². The van der Waals surface area contributed by atoms with Crippen molar-refractivity contribution in [2.45, 2.75) is 57.1 Å². The molecule has 22 heavy (non-hydrogen) atoms. The fourth-order valence-corrected chi connectivity index (χ4v) is 3.40. The highest BCUT2D eigenvalue weighted by molar-refractivity contribution is 5.81. The number of nitrogens with one attached hydrogen (secondary N) is 2. The SMILES string of the molecule is CN=C(NCC(O)C1CCCCC1)NC1CCC(=O)N(C)C1. The molecule has 2 fully saturated rings. The Kier molecular flexibility index (Phi) is 6.49. The van der Waals surface area contributed by atoms with Gasteiger partial charge in [0.25, 0.3) is 0 Å². The number of amides is 1. The summed E-state index contributed by atoms with van der Waals surface area (Å²) in [4.78, 5) is 17.5. The molecule has 2 atom stereocenters. The molecule has 6 heteroatoms. The Hall–Kier alpha value is -1.30. The number of carbonyl (C=O) groups excluding carboxylic acids is 1. The first-order valence-corrected chi connectivity index (χ1v) is 8.49. The minimum absolute atomic E-state index is 0.203. The van der Waals surface area contributed by atoms with E-state index in [0.717, 1.165) is 19.3 Å². The molecule has 1 amide bonds. The highest BCUT2D eigenvalue weighted by atomic mass is 16.3. The summed E-state index contributed by atoms with van der Waals surface area (Å²) in [5.41, 5.74) is 0. The molecule has 2 unspecified atom stereocenters. The van der Waals surface area contributed by atoms with Crippen molar-refractivity contribution in [1.82, 2.24) is 15.5 Å². The van der Waals surface area contributed by atoms with Gasteiger partial charge in [0, 0.05) is 39.6 Å². The zero-order valence-electron chi connectivity index (χ0n) is 13.8. The number of aliphatic hydroxyl groups is 1. The lowest BCUT2D eigenvalue weighted by Crippen LogP contribution is -2.52. The summed E-state index contributed by atoms with van der Waals surface area (Å²) in [6, 6.07) is 0.223. The van der Waals surface area contributed by atoms with Gasteiger partial charge in [-0.2, -0.15) is 0 Å². The number of aliphatic imine (C=N–C) groups is 1. The molecule has 1 aliphatic carbocycles. The average molecular weight is 310 g/mol. The van der Waals surface area contributed by atoms with Crippen molar-refractivity contribution in [3.05, 3.63) is 0 Å². The lowest BCUT2D eigenvalue weighted by atomic mass is 9.85.